The number of rotatable bonds is 11. The lowest BCUT2D eigenvalue weighted by Gasteiger charge is -2.12. The highest BCUT2D eigenvalue weighted by Gasteiger charge is 2.27. The molecule has 260 valence electrons. The molecule has 0 spiro atoms. The summed E-state index contributed by atoms with van der Waals surface area (Å²) in [6.45, 7) is 1.24. The number of azo groups is 1. The molecule has 2 aromatic carbocycles. The standard InChI is InChI=1S/C32H27N15O3S2/c1-17(48)39-23(31(49)50)12-22-26(44-42-18-4-8-20(9-5-18)51-29-24-27(33-13-35-29)46(2)15-37-24)41-32(40-22)45-43-19-6-10-21(11-7-19)52-30-25-28(34-14-36-30)47(3)16-38-25/h4-11,13-16,23,43H,12H2,1-3H3,(H,39,48)(H,49,50)/t23-/m0/s1. The van der Waals surface area contributed by atoms with Crippen LogP contribution in [-0.4, -0.2) is 79.6 Å². The number of guanidine groups is 1. The summed E-state index contributed by atoms with van der Waals surface area (Å²) in [7, 11) is 3.75. The van der Waals surface area contributed by atoms with Gasteiger partial charge in [-0.1, -0.05) is 23.5 Å². The van der Waals surface area contributed by atoms with Gasteiger partial charge < -0.3 is 19.6 Å². The van der Waals surface area contributed by atoms with Crippen LogP contribution < -0.4 is 10.7 Å². The van der Waals surface area contributed by atoms with E-state index in [9.17, 15) is 14.7 Å². The second-order valence-corrected chi connectivity index (χ2v) is 13.3. The van der Waals surface area contributed by atoms with Gasteiger partial charge in [0.2, 0.25) is 5.91 Å². The number of amidine groups is 1. The number of amides is 1. The molecule has 5 heterocycles. The Hall–Kier alpha value is -6.41. The monoisotopic (exact) mass is 733 g/mol. The van der Waals surface area contributed by atoms with Crippen molar-refractivity contribution in [3.05, 3.63) is 73.8 Å². The Bertz CT molecular complexity index is 2440. The largest absolute Gasteiger partial charge is 0.480 e. The predicted molar refractivity (Wildman–Crippen MR) is 194 cm³/mol. The quantitative estimate of drug-likeness (QED) is 0.0940. The molecule has 1 amide bonds. The Kier molecular flexibility index (Phi) is 9.71. The molecule has 20 heteroatoms. The maximum Gasteiger partial charge on any atom is 0.326 e. The van der Waals surface area contributed by atoms with Gasteiger partial charge in [-0.2, -0.15) is 4.99 Å². The van der Waals surface area contributed by atoms with Gasteiger partial charge in [-0.25, -0.2) is 39.7 Å². The molecule has 4 aromatic heterocycles. The van der Waals surface area contributed by atoms with Gasteiger partial charge in [-0.15, -0.1) is 15.3 Å². The maximum atomic E-state index is 11.9. The number of aliphatic carboxylic acids is 1. The number of nitrogens with one attached hydrogen (secondary N) is 2. The van der Waals surface area contributed by atoms with Gasteiger partial charge in [0.25, 0.3) is 5.96 Å². The summed E-state index contributed by atoms with van der Waals surface area (Å²) in [6.07, 6.45) is 6.21. The van der Waals surface area contributed by atoms with Crippen LogP contribution in [0.2, 0.25) is 0 Å². The molecular weight excluding hydrogens is 707 g/mol. The van der Waals surface area contributed by atoms with Crippen molar-refractivity contribution in [1.82, 2.24) is 44.4 Å². The molecule has 1 aliphatic heterocycles. The van der Waals surface area contributed by atoms with Gasteiger partial charge in [0.15, 0.2) is 17.1 Å². The van der Waals surface area contributed by atoms with Crippen LogP contribution in [0, 0.1) is 0 Å². The summed E-state index contributed by atoms with van der Waals surface area (Å²) in [4.78, 5) is 60.3. The summed E-state index contributed by atoms with van der Waals surface area (Å²) < 4.78 is 3.66. The number of anilines is 1. The van der Waals surface area contributed by atoms with Crippen LogP contribution in [-0.2, 0) is 23.7 Å². The molecule has 18 nitrogen and oxygen atoms in total. The van der Waals surface area contributed by atoms with Crippen molar-refractivity contribution in [3.63, 3.8) is 0 Å². The van der Waals surface area contributed by atoms with Crippen molar-refractivity contribution in [3.8, 4) is 0 Å². The topological polar surface area (TPSA) is 227 Å². The Morgan fingerprint density at radius 2 is 1.37 bits per heavy atom. The van der Waals surface area contributed by atoms with E-state index in [1.54, 1.807) is 24.8 Å². The molecule has 0 unspecified atom stereocenters. The number of hydrogen-bond acceptors (Lipinski definition) is 14. The van der Waals surface area contributed by atoms with Crippen LogP contribution in [0.1, 0.15) is 13.3 Å². The molecule has 52 heavy (non-hydrogen) atoms. The molecule has 0 saturated carbocycles. The molecule has 0 bridgehead atoms. The molecule has 6 aromatic rings. The van der Waals surface area contributed by atoms with E-state index in [1.165, 1.54) is 43.1 Å². The highest BCUT2D eigenvalue weighted by Crippen LogP contribution is 2.32. The average molecular weight is 734 g/mol. The van der Waals surface area contributed by atoms with E-state index < -0.39 is 17.9 Å². The minimum atomic E-state index is -1.26. The van der Waals surface area contributed by atoms with Crippen molar-refractivity contribution in [1.29, 1.82) is 0 Å². The van der Waals surface area contributed by atoms with Gasteiger partial charge >= 0.3 is 5.97 Å². The lowest BCUT2D eigenvalue weighted by molar-refractivity contribution is -0.141. The third-order valence-electron chi connectivity index (χ3n) is 7.36. The number of benzene rings is 2. The Morgan fingerprint density at radius 1 is 0.788 bits per heavy atom. The smallest absolute Gasteiger partial charge is 0.326 e. The second-order valence-electron chi connectivity index (χ2n) is 11.1. The highest BCUT2D eigenvalue weighted by molar-refractivity contribution is 7.99. The number of nitrogens with zero attached hydrogens (tertiary/aromatic N) is 13. The zero-order valence-electron chi connectivity index (χ0n) is 27.6. The van der Waals surface area contributed by atoms with Gasteiger partial charge in [0.05, 0.1) is 29.7 Å². The third kappa shape index (κ3) is 7.66. The second kappa shape index (κ2) is 14.8. The van der Waals surface area contributed by atoms with Gasteiger partial charge in [0, 0.05) is 37.2 Å². The number of fused-ring (bicyclic) bond motifs is 2. The third-order valence-corrected chi connectivity index (χ3v) is 9.36. The van der Waals surface area contributed by atoms with E-state index in [1.807, 2.05) is 59.6 Å². The number of aliphatic imine (C=N–C) groups is 2. The minimum absolute atomic E-state index is 0.00494. The normalized spacial score (nSPS) is 14.2. The summed E-state index contributed by atoms with van der Waals surface area (Å²) in [6, 6.07) is 13.5. The maximum absolute atomic E-state index is 11.9. The summed E-state index contributed by atoms with van der Waals surface area (Å²) in [5.41, 5.74) is 7.18. The number of carboxylic acids is 1. The number of aromatic nitrogens is 8. The first-order valence-electron chi connectivity index (χ1n) is 15.4. The minimum Gasteiger partial charge on any atom is -0.480 e. The number of carbonyl (C=O) groups is 2. The Labute approximate surface area is 302 Å². The van der Waals surface area contributed by atoms with Gasteiger partial charge in [0.1, 0.15) is 39.8 Å². The number of carbonyl (C=O) groups excluding carboxylic acids is 1. The van der Waals surface area contributed by atoms with E-state index in [2.05, 4.69) is 66.0 Å². The fourth-order valence-electron chi connectivity index (χ4n) is 4.88. The Balaban J connectivity index is 1.06. The van der Waals surface area contributed by atoms with Crippen molar-refractivity contribution >= 4 is 86.6 Å². The molecule has 1 aliphatic rings. The lowest BCUT2D eigenvalue weighted by Crippen LogP contribution is -2.41. The van der Waals surface area contributed by atoms with Crippen LogP contribution in [0.4, 0.5) is 11.4 Å². The number of aryl methyl sites for hydroxylation is 2. The van der Waals surface area contributed by atoms with E-state index in [0.717, 1.165) is 31.1 Å². The first kappa shape index (κ1) is 34.1. The van der Waals surface area contributed by atoms with E-state index in [0.29, 0.717) is 22.4 Å². The van der Waals surface area contributed by atoms with Crippen LogP contribution >= 0.6 is 23.5 Å². The fourth-order valence-corrected chi connectivity index (χ4v) is 6.55. The van der Waals surface area contributed by atoms with Crippen molar-refractivity contribution < 1.29 is 14.7 Å². The van der Waals surface area contributed by atoms with E-state index >= 15 is 0 Å². The van der Waals surface area contributed by atoms with Crippen LogP contribution in [0.5, 0.6) is 0 Å². The Morgan fingerprint density at radius 3 is 1.92 bits per heavy atom. The summed E-state index contributed by atoms with van der Waals surface area (Å²) in [5, 5.41) is 26.5. The van der Waals surface area contributed by atoms with Crippen LogP contribution in [0.25, 0.3) is 22.3 Å². The summed E-state index contributed by atoms with van der Waals surface area (Å²) in [5.74, 6) is -1.67. The van der Waals surface area contributed by atoms with Gasteiger partial charge in [-0.3, -0.25) is 10.2 Å². The van der Waals surface area contributed by atoms with Crippen LogP contribution in [0.15, 0.2) is 119 Å². The average Bonchev–Trinajstić information content (AvgIpc) is 3.84. The first-order chi connectivity index (χ1) is 25.2. The van der Waals surface area contributed by atoms with E-state index in [-0.39, 0.29) is 23.9 Å². The SMILES string of the molecule is CC(=O)N[C@@H](CC1=NC(=NNc2ccc(Sc3ncnc4c3ncn4C)cc2)N=C1N=Nc1ccc(Sc2ncnc3c2ncn3C)cc1)C(=O)O. The molecular formula is C32H27N15O3S2. The van der Waals surface area contributed by atoms with Crippen molar-refractivity contribution in [2.24, 2.45) is 39.4 Å². The van der Waals surface area contributed by atoms with E-state index in [4.69, 9.17) is 0 Å². The molecule has 0 radical (unpaired) electrons. The number of hydrogen-bond donors (Lipinski definition) is 3. The summed E-state index contributed by atoms with van der Waals surface area (Å²) >= 11 is 2.89. The zero-order valence-corrected chi connectivity index (χ0v) is 29.2. The fraction of sp³-hybridized carbons (Fsp3) is 0.156. The predicted octanol–water partition coefficient (Wildman–Crippen LogP) is 4.64. The van der Waals surface area contributed by atoms with Crippen LogP contribution in [0.3, 0.4) is 0 Å². The first-order valence-corrected chi connectivity index (χ1v) is 17.1. The zero-order chi connectivity index (χ0) is 36.2. The molecule has 0 aliphatic carbocycles. The lowest BCUT2D eigenvalue weighted by atomic mass is 10.1. The molecule has 7 rings (SSSR count). The number of imidazole rings is 2. The number of carboxylic acid groups (broad SMARTS) is 1. The highest BCUT2D eigenvalue weighted by atomic mass is 32.2. The molecule has 0 fully saturated rings. The molecule has 0 saturated heterocycles. The van der Waals surface area contributed by atoms with Gasteiger partial charge in [-0.05, 0) is 48.5 Å². The molecule has 1 atom stereocenters. The molecule has 3 N–H and O–H groups in total. The van der Waals surface area contributed by atoms with Crippen molar-refractivity contribution in [2.75, 3.05) is 5.43 Å². The van der Waals surface area contributed by atoms with Crippen molar-refractivity contribution in [2.45, 2.75) is 39.2 Å². The number of hydrazone groups is 1.